The Morgan fingerprint density at radius 1 is 0.929 bits per heavy atom. The van der Waals surface area contributed by atoms with E-state index in [1.54, 1.807) is 4.90 Å². The lowest BCUT2D eigenvalue weighted by Crippen LogP contribution is -2.51. The number of piperidine rings is 1. The topological polar surface area (TPSA) is 75.7 Å². The van der Waals surface area contributed by atoms with Gasteiger partial charge < -0.3 is 15.0 Å². The number of hydrogen-bond donors (Lipinski definition) is 1. The van der Waals surface area contributed by atoms with Crippen LogP contribution in [0.1, 0.15) is 24.0 Å². The molecule has 0 aromatic heterocycles. The van der Waals surface area contributed by atoms with E-state index in [0.29, 0.717) is 32.4 Å². The van der Waals surface area contributed by atoms with Crippen molar-refractivity contribution in [2.75, 3.05) is 13.1 Å². The van der Waals surface area contributed by atoms with Crippen LogP contribution in [0.3, 0.4) is 0 Å². The van der Waals surface area contributed by atoms with Gasteiger partial charge in [0.15, 0.2) is 0 Å². The zero-order chi connectivity index (χ0) is 19.8. The van der Waals surface area contributed by atoms with Gasteiger partial charge in [0.25, 0.3) is 0 Å². The molecule has 0 aliphatic carbocycles. The molecule has 0 bridgehead atoms. The number of carbonyl (C=O) groups excluding carboxylic acids is 3. The second-order valence-corrected chi connectivity index (χ2v) is 6.81. The van der Waals surface area contributed by atoms with E-state index in [1.165, 1.54) is 0 Å². The zero-order valence-electron chi connectivity index (χ0n) is 15.7. The smallest absolute Gasteiger partial charge is 0.329 e. The van der Waals surface area contributed by atoms with Crippen LogP contribution < -0.4 is 5.32 Å². The van der Waals surface area contributed by atoms with Gasteiger partial charge in [-0.1, -0.05) is 60.7 Å². The average molecular weight is 380 g/mol. The molecular weight excluding hydrogens is 356 g/mol. The Morgan fingerprint density at radius 3 is 2.11 bits per heavy atom. The summed E-state index contributed by atoms with van der Waals surface area (Å²) in [6, 6.07) is 17.8. The summed E-state index contributed by atoms with van der Waals surface area (Å²) in [6.45, 7) is 0.905. The fraction of sp³-hybridized carbons (Fsp3) is 0.318. The van der Waals surface area contributed by atoms with E-state index < -0.39 is 12.0 Å². The van der Waals surface area contributed by atoms with Gasteiger partial charge in [-0.25, -0.2) is 9.59 Å². The quantitative estimate of drug-likeness (QED) is 0.782. The van der Waals surface area contributed by atoms with Gasteiger partial charge in [-0.05, 0) is 11.1 Å². The Morgan fingerprint density at radius 2 is 1.50 bits per heavy atom. The summed E-state index contributed by atoms with van der Waals surface area (Å²) in [4.78, 5) is 38.2. The molecule has 1 N–H and O–H groups in total. The number of hydrogen-bond acceptors (Lipinski definition) is 4. The largest absolute Gasteiger partial charge is 0.459 e. The molecule has 2 aromatic rings. The molecule has 1 aliphatic rings. The van der Waals surface area contributed by atoms with E-state index in [2.05, 4.69) is 5.32 Å². The van der Waals surface area contributed by atoms with E-state index in [1.807, 2.05) is 60.7 Å². The van der Waals surface area contributed by atoms with Crippen LogP contribution in [0.15, 0.2) is 60.7 Å². The SMILES string of the molecule is O=C1CCN(C(=O)N[C@@H](Cc2ccccc2)C(=O)OCc2ccccc2)CC1. The Kier molecular flexibility index (Phi) is 6.78. The Balaban J connectivity index is 1.64. The lowest BCUT2D eigenvalue weighted by atomic mass is 10.1. The number of rotatable bonds is 6. The van der Waals surface area contributed by atoms with Crippen LogP contribution >= 0.6 is 0 Å². The zero-order valence-corrected chi connectivity index (χ0v) is 15.7. The summed E-state index contributed by atoms with van der Waals surface area (Å²) < 4.78 is 5.44. The van der Waals surface area contributed by atoms with Crippen molar-refractivity contribution in [3.8, 4) is 0 Å². The maximum absolute atomic E-state index is 12.7. The molecule has 2 aromatic carbocycles. The third-order valence-corrected chi connectivity index (χ3v) is 4.70. The normalized spacial score (nSPS) is 15.0. The number of Topliss-reactive ketones (excluding diaryl/α,β-unsaturated/α-hetero) is 1. The van der Waals surface area contributed by atoms with Crippen molar-refractivity contribution in [3.63, 3.8) is 0 Å². The number of ketones is 1. The van der Waals surface area contributed by atoms with E-state index in [9.17, 15) is 14.4 Å². The van der Waals surface area contributed by atoms with Crippen molar-refractivity contribution < 1.29 is 19.1 Å². The van der Waals surface area contributed by atoms with Crippen molar-refractivity contribution in [1.29, 1.82) is 0 Å². The fourth-order valence-electron chi connectivity index (χ4n) is 3.07. The van der Waals surface area contributed by atoms with Crippen LogP contribution in [0.25, 0.3) is 0 Å². The van der Waals surface area contributed by atoms with E-state index in [0.717, 1.165) is 11.1 Å². The number of carbonyl (C=O) groups is 3. The lowest BCUT2D eigenvalue weighted by molar-refractivity contribution is -0.147. The van der Waals surface area contributed by atoms with Crippen LogP contribution in [-0.4, -0.2) is 41.8 Å². The maximum atomic E-state index is 12.7. The van der Waals surface area contributed by atoms with E-state index in [-0.39, 0.29) is 18.4 Å². The van der Waals surface area contributed by atoms with Crippen LogP contribution in [0.2, 0.25) is 0 Å². The van der Waals surface area contributed by atoms with E-state index in [4.69, 9.17) is 4.74 Å². The molecule has 28 heavy (non-hydrogen) atoms. The third kappa shape index (κ3) is 5.67. The first-order chi connectivity index (χ1) is 13.6. The van der Waals surface area contributed by atoms with Crippen LogP contribution in [-0.2, 0) is 27.4 Å². The molecule has 6 heteroatoms. The molecule has 1 atom stereocenters. The first kappa shape index (κ1) is 19.6. The summed E-state index contributed by atoms with van der Waals surface area (Å²) in [5, 5.41) is 2.79. The number of ether oxygens (including phenoxy) is 1. The Labute approximate surface area is 164 Å². The number of likely N-dealkylation sites (tertiary alicyclic amines) is 1. The third-order valence-electron chi connectivity index (χ3n) is 4.70. The highest BCUT2D eigenvalue weighted by atomic mass is 16.5. The second kappa shape index (κ2) is 9.69. The molecule has 0 unspecified atom stereocenters. The summed E-state index contributed by atoms with van der Waals surface area (Å²) in [5.74, 6) is -0.318. The van der Waals surface area contributed by atoms with Crippen molar-refractivity contribution in [2.24, 2.45) is 0 Å². The number of urea groups is 1. The number of nitrogens with zero attached hydrogens (tertiary/aromatic N) is 1. The molecule has 0 spiro atoms. The predicted octanol–water partition coefficient (Wildman–Crippen LogP) is 2.72. The number of esters is 1. The molecule has 146 valence electrons. The highest BCUT2D eigenvalue weighted by molar-refractivity contribution is 5.86. The molecule has 1 fully saturated rings. The van der Waals surface area contributed by atoms with Crippen LogP contribution in [0.5, 0.6) is 0 Å². The minimum atomic E-state index is -0.795. The summed E-state index contributed by atoms with van der Waals surface area (Å²) in [6.07, 6.45) is 1.05. The minimum absolute atomic E-state index is 0.152. The number of benzene rings is 2. The first-order valence-electron chi connectivity index (χ1n) is 9.43. The van der Waals surface area contributed by atoms with Crippen molar-refractivity contribution in [3.05, 3.63) is 71.8 Å². The van der Waals surface area contributed by atoms with Crippen molar-refractivity contribution in [2.45, 2.75) is 31.9 Å². The highest BCUT2D eigenvalue weighted by Crippen LogP contribution is 2.10. The minimum Gasteiger partial charge on any atom is -0.459 e. The van der Waals surface area contributed by atoms with Gasteiger partial charge in [-0.15, -0.1) is 0 Å². The Hall–Kier alpha value is -3.15. The molecule has 1 saturated heterocycles. The van der Waals surface area contributed by atoms with Gasteiger partial charge in [0, 0.05) is 32.4 Å². The average Bonchev–Trinajstić information content (AvgIpc) is 2.73. The predicted molar refractivity (Wildman–Crippen MR) is 105 cm³/mol. The summed E-state index contributed by atoms with van der Waals surface area (Å²) in [7, 11) is 0. The van der Waals surface area contributed by atoms with Gasteiger partial charge in [0.05, 0.1) is 0 Å². The first-order valence-corrected chi connectivity index (χ1v) is 9.43. The molecule has 3 rings (SSSR count). The van der Waals surface area contributed by atoms with Gasteiger partial charge in [-0.2, -0.15) is 0 Å². The lowest BCUT2D eigenvalue weighted by Gasteiger charge is -2.28. The number of nitrogens with one attached hydrogen (secondary N) is 1. The monoisotopic (exact) mass is 380 g/mol. The second-order valence-electron chi connectivity index (χ2n) is 6.81. The standard InChI is InChI=1S/C22H24N2O4/c25-19-11-13-24(14-12-19)22(27)23-20(15-17-7-3-1-4-8-17)21(26)28-16-18-9-5-2-6-10-18/h1-10,20H,11-16H2,(H,23,27)/t20-/m0/s1. The van der Waals surface area contributed by atoms with E-state index >= 15 is 0 Å². The van der Waals surface area contributed by atoms with Gasteiger partial charge in [0.1, 0.15) is 18.4 Å². The number of amides is 2. The van der Waals surface area contributed by atoms with Crippen LogP contribution in [0.4, 0.5) is 4.79 Å². The summed E-state index contributed by atoms with van der Waals surface area (Å²) >= 11 is 0. The molecule has 0 saturated carbocycles. The molecule has 0 radical (unpaired) electrons. The molecular formula is C22H24N2O4. The molecule has 1 aliphatic heterocycles. The van der Waals surface area contributed by atoms with Gasteiger partial charge >= 0.3 is 12.0 Å². The summed E-state index contributed by atoms with van der Waals surface area (Å²) in [5.41, 5.74) is 1.81. The maximum Gasteiger partial charge on any atom is 0.329 e. The van der Waals surface area contributed by atoms with Crippen LogP contribution in [0, 0.1) is 0 Å². The highest BCUT2D eigenvalue weighted by Gasteiger charge is 2.27. The fourth-order valence-corrected chi connectivity index (χ4v) is 3.07. The van der Waals surface area contributed by atoms with Gasteiger partial charge in [-0.3, -0.25) is 4.79 Å². The Bertz CT molecular complexity index is 798. The molecule has 6 nitrogen and oxygen atoms in total. The molecule has 1 heterocycles. The van der Waals surface area contributed by atoms with Crippen molar-refractivity contribution in [1.82, 2.24) is 10.2 Å². The molecule has 2 amide bonds. The van der Waals surface area contributed by atoms with Gasteiger partial charge in [0.2, 0.25) is 0 Å². The van der Waals surface area contributed by atoms with Crippen molar-refractivity contribution >= 4 is 17.8 Å².